The van der Waals surface area contributed by atoms with Gasteiger partial charge in [0.05, 0.1) is 17.1 Å². The monoisotopic (exact) mass is 851 g/mol. The number of aromatic nitrogens is 2. The summed E-state index contributed by atoms with van der Waals surface area (Å²) in [5.74, 6) is 0. The molecule has 5 aromatic carbocycles. The summed E-state index contributed by atoms with van der Waals surface area (Å²) in [5.41, 5.74) is 18.3. The molecular formula is C47H36N4Pt. The van der Waals surface area contributed by atoms with Crippen LogP contribution in [0.2, 0.25) is 0 Å². The third kappa shape index (κ3) is 4.70. The van der Waals surface area contributed by atoms with E-state index in [4.69, 9.17) is 0 Å². The number of nitrogens with zero attached hydrogens (tertiary/aromatic N) is 4. The van der Waals surface area contributed by atoms with Gasteiger partial charge in [0.25, 0.3) is 0 Å². The van der Waals surface area contributed by atoms with Gasteiger partial charge < -0.3 is 19.8 Å². The molecule has 254 valence electrons. The molecule has 5 heterocycles. The summed E-state index contributed by atoms with van der Waals surface area (Å²) in [6, 6.07) is 50.9. The summed E-state index contributed by atoms with van der Waals surface area (Å²) in [6.45, 7) is 9.59. The maximum absolute atomic E-state index is 4.67. The zero-order valence-corrected chi connectivity index (χ0v) is 31.8. The van der Waals surface area contributed by atoms with E-state index >= 15 is 0 Å². The molecule has 4 nitrogen and oxygen atoms in total. The minimum absolute atomic E-state index is 0. The molecule has 10 rings (SSSR count). The van der Waals surface area contributed by atoms with E-state index in [1.165, 1.54) is 50.4 Å². The number of hydrogen-bond acceptors (Lipinski definition) is 4. The molecule has 0 fully saturated rings. The first-order chi connectivity index (χ1) is 24.8. The molecule has 0 saturated heterocycles. The molecule has 2 aromatic heterocycles. The van der Waals surface area contributed by atoms with Crippen molar-refractivity contribution in [2.45, 2.75) is 44.9 Å². The van der Waals surface area contributed by atoms with E-state index in [2.05, 4.69) is 145 Å². The van der Waals surface area contributed by atoms with Crippen molar-refractivity contribution < 1.29 is 21.1 Å². The van der Waals surface area contributed by atoms with Crippen LogP contribution in [0.15, 0.2) is 134 Å². The fourth-order valence-electron chi connectivity index (χ4n) is 8.70. The van der Waals surface area contributed by atoms with Gasteiger partial charge in [-0.3, -0.25) is 0 Å². The van der Waals surface area contributed by atoms with E-state index in [9.17, 15) is 0 Å². The molecule has 0 atom stereocenters. The van der Waals surface area contributed by atoms with Gasteiger partial charge in [-0.05, 0) is 80.4 Å². The summed E-state index contributed by atoms with van der Waals surface area (Å²) < 4.78 is 0. The second-order valence-corrected chi connectivity index (χ2v) is 14.9. The van der Waals surface area contributed by atoms with Crippen LogP contribution in [0.1, 0.15) is 61.1 Å². The molecule has 5 heteroatoms. The largest absolute Gasteiger partial charge is 2.00 e. The SMILES string of the molecule is CC1(C)c2cccc3c2N2c4c(cccc4C(C)(C)c4cc(N(c5[c-]c(-c6ccccn6)ccc5)c5[c-]c(-c6ccccn6)ccc5)cc1c42)C3.[Pt+2]. The average molecular weight is 852 g/mol. The van der Waals surface area contributed by atoms with Crippen molar-refractivity contribution in [3.05, 3.63) is 179 Å². The van der Waals surface area contributed by atoms with E-state index in [1.54, 1.807) is 0 Å². The summed E-state index contributed by atoms with van der Waals surface area (Å²) in [6.07, 6.45) is 4.63. The third-order valence-corrected chi connectivity index (χ3v) is 11.3. The smallest absolute Gasteiger partial charge is 0.346 e. The number of anilines is 6. The minimum atomic E-state index is -0.244. The van der Waals surface area contributed by atoms with Gasteiger partial charge in [0.2, 0.25) is 0 Å². The molecule has 3 aliphatic heterocycles. The van der Waals surface area contributed by atoms with Crippen LogP contribution in [-0.2, 0) is 38.3 Å². The van der Waals surface area contributed by atoms with Crippen LogP contribution in [0.5, 0.6) is 0 Å². The van der Waals surface area contributed by atoms with Crippen molar-refractivity contribution in [2.75, 3.05) is 9.80 Å². The minimum Gasteiger partial charge on any atom is -0.346 e. The first-order valence-corrected chi connectivity index (χ1v) is 17.7. The average Bonchev–Trinajstić information content (AvgIpc) is 3.16. The first kappa shape index (κ1) is 32.6. The molecular weight excluding hydrogens is 816 g/mol. The Hall–Kier alpha value is -5.31. The van der Waals surface area contributed by atoms with Crippen molar-refractivity contribution in [1.82, 2.24) is 9.97 Å². The van der Waals surface area contributed by atoms with Gasteiger partial charge in [-0.25, -0.2) is 0 Å². The Morgan fingerprint density at radius 2 is 1.02 bits per heavy atom. The Labute approximate surface area is 320 Å². The van der Waals surface area contributed by atoms with Gasteiger partial charge in [0.1, 0.15) is 0 Å². The van der Waals surface area contributed by atoms with Crippen molar-refractivity contribution in [3.63, 3.8) is 0 Å². The predicted octanol–water partition coefficient (Wildman–Crippen LogP) is 11.5. The fraction of sp³-hybridized carbons (Fsp3) is 0.149. The quantitative estimate of drug-likeness (QED) is 0.162. The maximum Gasteiger partial charge on any atom is 2.00 e. The van der Waals surface area contributed by atoms with Gasteiger partial charge in [-0.2, -0.15) is 0 Å². The van der Waals surface area contributed by atoms with Gasteiger partial charge in [-0.1, -0.05) is 88.4 Å². The fourth-order valence-corrected chi connectivity index (χ4v) is 8.70. The molecule has 0 N–H and O–H groups in total. The van der Waals surface area contributed by atoms with Gasteiger partial charge in [0.15, 0.2) is 0 Å². The van der Waals surface area contributed by atoms with Crippen molar-refractivity contribution >= 4 is 34.1 Å². The van der Waals surface area contributed by atoms with Crippen LogP contribution in [0, 0.1) is 12.1 Å². The Bertz CT molecular complexity index is 2350. The molecule has 0 amide bonds. The van der Waals surface area contributed by atoms with Gasteiger partial charge in [-0.15, -0.1) is 59.7 Å². The zero-order valence-electron chi connectivity index (χ0n) is 29.5. The second kappa shape index (κ2) is 11.9. The zero-order chi connectivity index (χ0) is 34.5. The Balaban J connectivity index is 0.00000360. The molecule has 0 radical (unpaired) electrons. The number of rotatable bonds is 5. The number of pyridine rings is 2. The molecule has 3 aliphatic rings. The summed E-state index contributed by atoms with van der Waals surface area (Å²) >= 11 is 0. The molecule has 0 spiro atoms. The van der Waals surface area contributed by atoms with Crippen molar-refractivity contribution in [3.8, 4) is 22.5 Å². The van der Waals surface area contributed by atoms with E-state index < -0.39 is 0 Å². The number of hydrogen-bond donors (Lipinski definition) is 0. The van der Waals surface area contributed by atoms with Crippen molar-refractivity contribution in [1.29, 1.82) is 0 Å². The Kier molecular flexibility index (Phi) is 7.44. The topological polar surface area (TPSA) is 32.3 Å². The molecule has 0 aliphatic carbocycles. The van der Waals surface area contributed by atoms with Crippen LogP contribution < -0.4 is 9.80 Å². The van der Waals surface area contributed by atoms with Crippen LogP contribution in [0.25, 0.3) is 22.5 Å². The number of para-hydroxylation sites is 2. The van der Waals surface area contributed by atoms with E-state index in [0.717, 1.165) is 46.0 Å². The van der Waals surface area contributed by atoms with Crippen molar-refractivity contribution in [2.24, 2.45) is 0 Å². The third-order valence-electron chi connectivity index (χ3n) is 11.3. The Morgan fingerprint density at radius 1 is 0.538 bits per heavy atom. The predicted molar refractivity (Wildman–Crippen MR) is 207 cm³/mol. The maximum atomic E-state index is 4.67. The molecule has 0 saturated carbocycles. The molecule has 0 bridgehead atoms. The normalized spacial score (nSPS) is 15.0. The summed E-state index contributed by atoms with van der Waals surface area (Å²) in [4.78, 5) is 14.3. The van der Waals surface area contributed by atoms with Crippen LogP contribution in [-0.4, -0.2) is 9.97 Å². The molecule has 0 unspecified atom stereocenters. The van der Waals surface area contributed by atoms with Crippen LogP contribution in [0.4, 0.5) is 34.1 Å². The van der Waals surface area contributed by atoms with Crippen LogP contribution in [0.3, 0.4) is 0 Å². The van der Waals surface area contributed by atoms with Gasteiger partial charge in [0, 0.05) is 35.3 Å². The Morgan fingerprint density at radius 3 is 1.48 bits per heavy atom. The van der Waals surface area contributed by atoms with E-state index in [0.29, 0.717) is 0 Å². The molecule has 52 heavy (non-hydrogen) atoms. The van der Waals surface area contributed by atoms with Crippen LogP contribution >= 0.6 is 0 Å². The molecule has 7 aromatic rings. The summed E-state index contributed by atoms with van der Waals surface area (Å²) in [5, 5.41) is 0. The summed E-state index contributed by atoms with van der Waals surface area (Å²) in [7, 11) is 0. The standard InChI is InChI=1S/C47H36N4.Pt/c1-46(2)37-19-11-15-32-25-33-16-12-20-38-44(33)51(43(32)37)45-39(46)28-36(29-40(45)47(38,3)4)50(34-17-9-13-30(26-34)41-21-5-7-23-48-41)35-18-10-14-31(27-35)42-22-6-8-24-49-42;/h5-24,28-29H,25H2,1-4H3;/q-2;+2. The van der Waals surface area contributed by atoms with E-state index in [1.807, 2.05) is 48.8 Å². The van der Waals surface area contributed by atoms with E-state index in [-0.39, 0.29) is 31.9 Å². The number of benzene rings is 5. The first-order valence-electron chi connectivity index (χ1n) is 17.7. The van der Waals surface area contributed by atoms with Gasteiger partial charge >= 0.3 is 21.1 Å². The second-order valence-electron chi connectivity index (χ2n) is 14.9.